The molecule has 1 aliphatic rings. The maximum Gasteiger partial charge on any atom is 0.312 e. The number of carbonyl (C=O) groups is 1. The average Bonchev–Trinajstić information content (AvgIpc) is 2.55. The molecule has 17 heavy (non-hydrogen) atoms. The second-order valence-electron chi connectivity index (χ2n) is 4.27. The van der Waals surface area contributed by atoms with Gasteiger partial charge < -0.3 is 5.11 Å². The van der Waals surface area contributed by atoms with Gasteiger partial charge in [-0.1, -0.05) is 0 Å². The van der Waals surface area contributed by atoms with Gasteiger partial charge in [-0.2, -0.15) is 0 Å². The Kier molecular flexibility index (Phi) is 3.22. The Balaban J connectivity index is 2.34. The van der Waals surface area contributed by atoms with Gasteiger partial charge in [-0.15, -0.1) is 11.3 Å². The van der Waals surface area contributed by atoms with Gasteiger partial charge in [0.1, 0.15) is 10.8 Å². The van der Waals surface area contributed by atoms with Crippen LogP contribution in [0, 0.1) is 0 Å². The highest BCUT2D eigenvalue weighted by molar-refractivity contribution is 7.90. The van der Waals surface area contributed by atoms with Crippen LogP contribution in [0.1, 0.15) is 34.3 Å². The van der Waals surface area contributed by atoms with Crippen molar-refractivity contribution in [2.75, 3.05) is 6.26 Å². The summed E-state index contributed by atoms with van der Waals surface area (Å²) in [6.45, 7) is 0. The van der Waals surface area contributed by atoms with Crippen LogP contribution in [0.2, 0.25) is 0 Å². The molecule has 0 bridgehead atoms. The van der Waals surface area contributed by atoms with Crippen LogP contribution in [0.4, 0.5) is 0 Å². The monoisotopic (exact) mass is 275 g/mol. The van der Waals surface area contributed by atoms with E-state index in [9.17, 15) is 13.2 Å². The molecule has 0 saturated carbocycles. The van der Waals surface area contributed by atoms with Gasteiger partial charge in [0.2, 0.25) is 0 Å². The molecule has 1 aromatic rings. The Morgan fingerprint density at radius 2 is 2.29 bits per heavy atom. The fourth-order valence-corrected chi connectivity index (χ4v) is 4.35. The molecule has 0 radical (unpaired) electrons. The third-order valence-electron chi connectivity index (χ3n) is 2.68. The molecule has 1 atom stereocenters. The Morgan fingerprint density at radius 1 is 1.59 bits per heavy atom. The Bertz CT molecular complexity index is 547. The molecule has 1 heterocycles. The zero-order valence-electron chi connectivity index (χ0n) is 9.34. The maximum atomic E-state index is 11.2. The number of sulfone groups is 1. The number of aliphatic carboxylic acids is 1. The first-order valence-corrected chi connectivity index (χ1v) is 8.13. The lowest BCUT2D eigenvalue weighted by Gasteiger charge is -2.16. The van der Waals surface area contributed by atoms with Crippen molar-refractivity contribution in [3.05, 3.63) is 15.6 Å². The van der Waals surface area contributed by atoms with E-state index in [1.54, 1.807) is 0 Å². The minimum atomic E-state index is -3.11. The summed E-state index contributed by atoms with van der Waals surface area (Å²) in [6, 6.07) is 0. The first kappa shape index (κ1) is 12.5. The van der Waals surface area contributed by atoms with Crippen molar-refractivity contribution in [2.45, 2.75) is 30.9 Å². The molecule has 7 heteroatoms. The molecule has 94 valence electrons. The largest absolute Gasteiger partial charge is 0.481 e. The van der Waals surface area contributed by atoms with E-state index in [1.807, 2.05) is 0 Å². The van der Waals surface area contributed by atoms with Gasteiger partial charge in [0, 0.05) is 11.1 Å². The number of nitrogens with zero attached hydrogens (tertiary/aromatic N) is 1. The van der Waals surface area contributed by atoms with Crippen LogP contribution in [0.25, 0.3) is 0 Å². The van der Waals surface area contributed by atoms with E-state index < -0.39 is 21.7 Å². The van der Waals surface area contributed by atoms with Crippen LogP contribution >= 0.6 is 11.3 Å². The highest BCUT2D eigenvalue weighted by Gasteiger charge is 2.30. The number of thiazole rings is 1. The SMILES string of the molecule is CS(=O)(=O)Cc1nc2c(s1)CCCC2C(=O)O. The van der Waals surface area contributed by atoms with Gasteiger partial charge in [-0.05, 0) is 19.3 Å². The molecule has 0 aliphatic heterocycles. The van der Waals surface area contributed by atoms with E-state index in [1.165, 1.54) is 11.3 Å². The van der Waals surface area contributed by atoms with Gasteiger partial charge in [0.15, 0.2) is 9.84 Å². The molecule has 0 amide bonds. The molecule has 0 saturated heterocycles. The van der Waals surface area contributed by atoms with Crippen molar-refractivity contribution in [3.63, 3.8) is 0 Å². The summed E-state index contributed by atoms with van der Waals surface area (Å²) in [7, 11) is -3.11. The van der Waals surface area contributed by atoms with Crippen molar-refractivity contribution in [1.82, 2.24) is 4.98 Å². The molecule has 0 aromatic carbocycles. The fourth-order valence-electron chi connectivity index (χ4n) is 2.00. The van der Waals surface area contributed by atoms with E-state index in [2.05, 4.69) is 4.98 Å². The normalized spacial score (nSPS) is 19.9. The smallest absolute Gasteiger partial charge is 0.312 e. The first-order valence-electron chi connectivity index (χ1n) is 5.26. The maximum absolute atomic E-state index is 11.2. The van der Waals surface area contributed by atoms with Crippen molar-refractivity contribution >= 4 is 27.1 Å². The highest BCUT2D eigenvalue weighted by Crippen LogP contribution is 2.35. The molecule has 2 rings (SSSR count). The summed E-state index contributed by atoms with van der Waals surface area (Å²) in [4.78, 5) is 16.2. The summed E-state index contributed by atoms with van der Waals surface area (Å²) < 4.78 is 22.4. The van der Waals surface area contributed by atoms with Crippen LogP contribution in [0.3, 0.4) is 0 Å². The molecule has 1 aliphatic carbocycles. The fraction of sp³-hybridized carbons (Fsp3) is 0.600. The molecule has 1 N–H and O–H groups in total. The number of aromatic nitrogens is 1. The third-order valence-corrected chi connectivity index (χ3v) is 4.79. The van der Waals surface area contributed by atoms with Crippen LogP contribution in [0.5, 0.6) is 0 Å². The molecular weight excluding hydrogens is 262 g/mol. The van der Waals surface area contributed by atoms with Crippen molar-refractivity contribution < 1.29 is 18.3 Å². The minimum Gasteiger partial charge on any atom is -0.481 e. The predicted molar refractivity (Wildman–Crippen MR) is 64.0 cm³/mol. The lowest BCUT2D eigenvalue weighted by atomic mass is 9.91. The summed E-state index contributed by atoms with van der Waals surface area (Å²) in [5.41, 5.74) is 0.576. The zero-order chi connectivity index (χ0) is 12.6. The second-order valence-corrected chi connectivity index (χ2v) is 7.58. The zero-order valence-corrected chi connectivity index (χ0v) is 11.0. The molecule has 0 spiro atoms. The number of hydrogen-bond donors (Lipinski definition) is 1. The van der Waals surface area contributed by atoms with Crippen LogP contribution in [-0.2, 0) is 26.8 Å². The summed E-state index contributed by atoms with van der Waals surface area (Å²) in [5.74, 6) is -1.54. The number of carboxylic acids is 1. The first-order chi connectivity index (χ1) is 7.87. The standard InChI is InChI=1S/C10H13NO4S2/c1-17(14,15)5-8-11-9-6(10(12)13)3-2-4-7(9)16-8/h6H,2-5H2,1H3,(H,12,13). The summed E-state index contributed by atoms with van der Waals surface area (Å²) in [5, 5.41) is 9.58. The number of fused-ring (bicyclic) bond motifs is 1. The average molecular weight is 275 g/mol. The van der Waals surface area contributed by atoms with E-state index in [-0.39, 0.29) is 5.75 Å². The quantitative estimate of drug-likeness (QED) is 0.895. The van der Waals surface area contributed by atoms with Gasteiger partial charge in [0.05, 0.1) is 11.6 Å². The van der Waals surface area contributed by atoms with Crippen LogP contribution < -0.4 is 0 Å². The molecule has 1 unspecified atom stereocenters. The Morgan fingerprint density at radius 3 is 2.88 bits per heavy atom. The molecular formula is C10H13NO4S2. The van der Waals surface area contributed by atoms with E-state index in [0.29, 0.717) is 17.1 Å². The van der Waals surface area contributed by atoms with E-state index in [4.69, 9.17) is 5.11 Å². The van der Waals surface area contributed by atoms with Crippen LogP contribution in [0.15, 0.2) is 0 Å². The second kappa shape index (κ2) is 4.38. The van der Waals surface area contributed by atoms with Crippen molar-refractivity contribution in [3.8, 4) is 0 Å². The van der Waals surface area contributed by atoms with E-state index in [0.717, 1.165) is 24.0 Å². The van der Waals surface area contributed by atoms with Gasteiger partial charge in [0.25, 0.3) is 0 Å². The summed E-state index contributed by atoms with van der Waals surface area (Å²) >= 11 is 1.33. The topological polar surface area (TPSA) is 84.3 Å². The van der Waals surface area contributed by atoms with Crippen molar-refractivity contribution in [2.24, 2.45) is 0 Å². The third kappa shape index (κ3) is 2.84. The number of hydrogen-bond acceptors (Lipinski definition) is 5. The number of aryl methyl sites for hydroxylation is 1. The Hall–Kier alpha value is -0.950. The highest BCUT2D eigenvalue weighted by atomic mass is 32.2. The summed E-state index contributed by atoms with van der Waals surface area (Å²) in [6.07, 6.45) is 3.37. The van der Waals surface area contributed by atoms with E-state index >= 15 is 0 Å². The Labute approximate surface area is 103 Å². The number of carboxylic acid groups (broad SMARTS) is 1. The van der Waals surface area contributed by atoms with Crippen LogP contribution in [-0.4, -0.2) is 30.7 Å². The van der Waals surface area contributed by atoms with Gasteiger partial charge in [-0.25, -0.2) is 13.4 Å². The lowest BCUT2D eigenvalue weighted by Crippen LogP contribution is -2.17. The van der Waals surface area contributed by atoms with Gasteiger partial charge >= 0.3 is 5.97 Å². The molecule has 1 aromatic heterocycles. The molecule has 5 nitrogen and oxygen atoms in total. The van der Waals surface area contributed by atoms with Gasteiger partial charge in [-0.3, -0.25) is 4.79 Å². The molecule has 0 fully saturated rings. The number of rotatable bonds is 3. The minimum absolute atomic E-state index is 0.100. The van der Waals surface area contributed by atoms with Crippen molar-refractivity contribution in [1.29, 1.82) is 0 Å². The predicted octanol–water partition coefficient (Wildman–Crippen LogP) is 1.19. The lowest BCUT2D eigenvalue weighted by molar-refractivity contribution is -0.139.